The second-order valence-corrected chi connectivity index (χ2v) is 2.88. The fourth-order valence-electron chi connectivity index (χ4n) is 1.16. The van der Waals surface area contributed by atoms with Crippen LogP contribution in [0.15, 0.2) is 0 Å². The summed E-state index contributed by atoms with van der Waals surface area (Å²) in [6, 6.07) is -0.0274. The third-order valence-electron chi connectivity index (χ3n) is 1.81. The van der Waals surface area contributed by atoms with Crippen LogP contribution >= 0.6 is 0 Å². The molecule has 1 rings (SSSR count). The molecule has 0 aromatic rings. The molecule has 1 saturated heterocycles. The molecule has 72 valence electrons. The predicted octanol–water partition coefficient (Wildman–Crippen LogP) is 1.32. The number of hydrogen-bond acceptors (Lipinski definition) is 2. The zero-order valence-corrected chi connectivity index (χ0v) is 6.66. The topological polar surface area (TPSA) is 21.3 Å². The molecule has 2 nitrogen and oxygen atoms in total. The second-order valence-electron chi connectivity index (χ2n) is 2.88. The van der Waals surface area contributed by atoms with Gasteiger partial charge in [0.25, 0.3) is 0 Å². The highest BCUT2D eigenvalue weighted by Crippen LogP contribution is 2.14. The van der Waals surface area contributed by atoms with Crippen molar-refractivity contribution in [1.82, 2.24) is 5.32 Å². The van der Waals surface area contributed by atoms with Gasteiger partial charge in [0.05, 0.1) is 6.54 Å². The molecule has 0 aromatic carbocycles. The van der Waals surface area contributed by atoms with Gasteiger partial charge in [-0.25, -0.2) is 0 Å². The Labute approximate surface area is 69.1 Å². The molecule has 1 fully saturated rings. The van der Waals surface area contributed by atoms with Gasteiger partial charge in [-0.05, 0) is 12.8 Å². The maximum absolute atomic E-state index is 11.7. The van der Waals surface area contributed by atoms with E-state index in [0.717, 1.165) is 0 Å². The molecular formula is C7H12F3NO. The van der Waals surface area contributed by atoms with Gasteiger partial charge in [0, 0.05) is 19.3 Å². The van der Waals surface area contributed by atoms with Gasteiger partial charge >= 0.3 is 6.18 Å². The van der Waals surface area contributed by atoms with Crippen LogP contribution in [0.2, 0.25) is 0 Å². The van der Waals surface area contributed by atoms with Crippen molar-refractivity contribution < 1.29 is 17.9 Å². The average Bonchev–Trinajstić information content (AvgIpc) is 2.02. The van der Waals surface area contributed by atoms with E-state index >= 15 is 0 Å². The minimum absolute atomic E-state index is 0.0274. The van der Waals surface area contributed by atoms with E-state index in [9.17, 15) is 13.2 Å². The lowest BCUT2D eigenvalue weighted by Gasteiger charge is -2.23. The summed E-state index contributed by atoms with van der Waals surface area (Å²) >= 11 is 0. The van der Waals surface area contributed by atoms with Crippen LogP contribution < -0.4 is 5.32 Å². The SMILES string of the molecule is FC(F)(F)CNC1CCOCC1. The summed E-state index contributed by atoms with van der Waals surface area (Å²) in [5.41, 5.74) is 0. The van der Waals surface area contributed by atoms with Crippen LogP contribution in [-0.4, -0.2) is 32.0 Å². The minimum Gasteiger partial charge on any atom is -0.381 e. The molecule has 0 aliphatic carbocycles. The highest BCUT2D eigenvalue weighted by molar-refractivity contribution is 4.71. The molecule has 1 aliphatic rings. The van der Waals surface area contributed by atoms with Crippen LogP contribution in [0.1, 0.15) is 12.8 Å². The summed E-state index contributed by atoms with van der Waals surface area (Å²) in [7, 11) is 0. The third-order valence-corrected chi connectivity index (χ3v) is 1.81. The molecule has 0 amide bonds. The summed E-state index contributed by atoms with van der Waals surface area (Å²) in [4.78, 5) is 0. The first kappa shape index (κ1) is 9.80. The van der Waals surface area contributed by atoms with Crippen molar-refractivity contribution in [1.29, 1.82) is 0 Å². The van der Waals surface area contributed by atoms with Crippen LogP contribution in [-0.2, 0) is 4.74 Å². The van der Waals surface area contributed by atoms with Crippen molar-refractivity contribution in [3.8, 4) is 0 Å². The Morgan fingerprint density at radius 1 is 1.25 bits per heavy atom. The van der Waals surface area contributed by atoms with E-state index < -0.39 is 12.7 Å². The molecule has 1 heterocycles. The number of rotatable bonds is 2. The van der Waals surface area contributed by atoms with E-state index in [1.54, 1.807) is 0 Å². The predicted molar refractivity (Wildman–Crippen MR) is 37.9 cm³/mol. The fraction of sp³-hybridized carbons (Fsp3) is 1.00. The number of ether oxygens (including phenoxy) is 1. The summed E-state index contributed by atoms with van der Waals surface area (Å²) in [6.45, 7) is 0.239. The number of alkyl halides is 3. The Kier molecular flexibility index (Phi) is 3.34. The van der Waals surface area contributed by atoms with Crippen LogP contribution in [0.4, 0.5) is 13.2 Å². The molecule has 0 unspecified atom stereocenters. The van der Waals surface area contributed by atoms with Crippen molar-refractivity contribution in [2.24, 2.45) is 0 Å². The van der Waals surface area contributed by atoms with Gasteiger partial charge in [0.2, 0.25) is 0 Å². The number of halogens is 3. The molecular weight excluding hydrogens is 171 g/mol. The first-order valence-corrected chi connectivity index (χ1v) is 3.96. The van der Waals surface area contributed by atoms with Gasteiger partial charge in [0.15, 0.2) is 0 Å². The van der Waals surface area contributed by atoms with Gasteiger partial charge in [-0.1, -0.05) is 0 Å². The summed E-state index contributed by atoms with van der Waals surface area (Å²) in [5.74, 6) is 0. The molecule has 1 N–H and O–H groups in total. The zero-order valence-electron chi connectivity index (χ0n) is 6.66. The Balaban J connectivity index is 2.13. The molecule has 0 aromatic heterocycles. The largest absolute Gasteiger partial charge is 0.401 e. The molecule has 0 spiro atoms. The van der Waals surface area contributed by atoms with Crippen molar-refractivity contribution in [3.63, 3.8) is 0 Å². The van der Waals surface area contributed by atoms with Crippen molar-refractivity contribution in [2.75, 3.05) is 19.8 Å². The quantitative estimate of drug-likeness (QED) is 0.697. The van der Waals surface area contributed by atoms with Crippen LogP contribution in [0, 0.1) is 0 Å². The Bertz CT molecular complexity index is 131. The lowest BCUT2D eigenvalue weighted by atomic mass is 10.1. The van der Waals surface area contributed by atoms with Gasteiger partial charge in [0.1, 0.15) is 0 Å². The smallest absolute Gasteiger partial charge is 0.381 e. The molecule has 12 heavy (non-hydrogen) atoms. The molecule has 1 aliphatic heterocycles. The normalized spacial score (nSPS) is 21.2. The van der Waals surface area contributed by atoms with E-state index in [0.29, 0.717) is 26.1 Å². The molecule has 0 atom stereocenters. The summed E-state index contributed by atoms with van der Waals surface area (Å²) < 4.78 is 40.2. The van der Waals surface area contributed by atoms with Gasteiger partial charge in [-0.2, -0.15) is 13.2 Å². The molecule has 0 radical (unpaired) electrons. The Hall–Kier alpha value is -0.290. The summed E-state index contributed by atoms with van der Waals surface area (Å²) in [5, 5.41) is 2.46. The highest BCUT2D eigenvalue weighted by atomic mass is 19.4. The van der Waals surface area contributed by atoms with Crippen molar-refractivity contribution in [2.45, 2.75) is 25.1 Å². The molecule has 5 heteroatoms. The maximum atomic E-state index is 11.7. The van der Waals surface area contributed by atoms with Gasteiger partial charge < -0.3 is 10.1 Å². The van der Waals surface area contributed by atoms with Crippen LogP contribution in [0.5, 0.6) is 0 Å². The Morgan fingerprint density at radius 3 is 2.33 bits per heavy atom. The number of hydrogen-bond donors (Lipinski definition) is 1. The van der Waals surface area contributed by atoms with E-state index in [2.05, 4.69) is 5.32 Å². The van der Waals surface area contributed by atoms with Crippen LogP contribution in [0.25, 0.3) is 0 Å². The zero-order chi connectivity index (χ0) is 9.03. The van der Waals surface area contributed by atoms with E-state index in [1.165, 1.54) is 0 Å². The first-order chi connectivity index (χ1) is 5.58. The second kappa shape index (κ2) is 4.09. The minimum atomic E-state index is -4.10. The van der Waals surface area contributed by atoms with E-state index in [1.807, 2.05) is 0 Å². The Morgan fingerprint density at radius 2 is 1.83 bits per heavy atom. The van der Waals surface area contributed by atoms with Gasteiger partial charge in [-0.3, -0.25) is 0 Å². The van der Waals surface area contributed by atoms with Crippen molar-refractivity contribution in [3.05, 3.63) is 0 Å². The molecule has 0 saturated carbocycles. The average molecular weight is 183 g/mol. The third kappa shape index (κ3) is 3.92. The van der Waals surface area contributed by atoms with E-state index in [-0.39, 0.29) is 6.04 Å². The standard InChI is InChI=1S/C7H12F3NO/c8-7(9,10)5-11-6-1-3-12-4-2-6/h6,11H,1-5H2. The monoisotopic (exact) mass is 183 g/mol. The fourth-order valence-corrected chi connectivity index (χ4v) is 1.16. The molecule has 0 bridgehead atoms. The lowest BCUT2D eigenvalue weighted by Crippen LogP contribution is -2.40. The first-order valence-electron chi connectivity index (χ1n) is 3.96. The summed E-state index contributed by atoms with van der Waals surface area (Å²) in [6.07, 6.45) is -2.75. The maximum Gasteiger partial charge on any atom is 0.401 e. The number of nitrogens with one attached hydrogen (secondary N) is 1. The highest BCUT2D eigenvalue weighted by Gasteiger charge is 2.28. The van der Waals surface area contributed by atoms with Gasteiger partial charge in [-0.15, -0.1) is 0 Å². The van der Waals surface area contributed by atoms with Crippen molar-refractivity contribution >= 4 is 0 Å². The van der Waals surface area contributed by atoms with Crippen LogP contribution in [0.3, 0.4) is 0 Å². The lowest BCUT2D eigenvalue weighted by molar-refractivity contribution is -0.127. The van der Waals surface area contributed by atoms with E-state index in [4.69, 9.17) is 4.74 Å².